The Hall–Kier alpha value is -1.26. The summed E-state index contributed by atoms with van der Waals surface area (Å²) in [6.45, 7) is 0.635. The lowest BCUT2D eigenvalue weighted by atomic mass is 10.2. The van der Waals surface area contributed by atoms with Crippen LogP contribution in [0, 0.1) is 0 Å². The highest BCUT2D eigenvalue weighted by atomic mass is 16.7. The van der Waals surface area contributed by atoms with Gasteiger partial charge in [0.2, 0.25) is 0 Å². The number of hydrogen-bond acceptors (Lipinski definition) is 4. The first-order chi connectivity index (χ1) is 6.81. The molecule has 78 valence electrons. The van der Waals surface area contributed by atoms with Crippen molar-refractivity contribution in [1.29, 1.82) is 0 Å². The minimum atomic E-state index is 0.222. The first kappa shape index (κ1) is 10.8. The van der Waals surface area contributed by atoms with Gasteiger partial charge in [-0.2, -0.15) is 0 Å². The van der Waals surface area contributed by atoms with Gasteiger partial charge in [-0.25, -0.2) is 0 Å². The molecule has 0 bridgehead atoms. The second-order valence-electron chi connectivity index (χ2n) is 2.73. The van der Waals surface area contributed by atoms with Gasteiger partial charge in [-0.15, -0.1) is 0 Å². The highest BCUT2D eigenvalue weighted by Gasteiger charge is 2.03. The van der Waals surface area contributed by atoms with Crippen molar-refractivity contribution in [3.8, 4) is 11.5 Å². The molecule has 0 aliphatic rings. The minimum Gasteiger partial charge on any atom is -0.497 e. The highest BCUT2D eigenvalue weighted by Crippen LogP contribution is 2.23. The number of hydrogen-bond donors (Lipinski definition) is 1. The fourth-order valence-electron chi connectivity index (χ4n) is 1.11. The molecule has 4 heteroatoms. The van der Waals surface area contributed by atoms with Crippen molar-refractivity contribution in [1.82, 2.24) is 0 Å². The van der Waals surface area contributed by atoms with Crippen molar-refractivity contribution in [2.45, 2.75) is 6.54 Å². The van der Waals surface area contributed by atoms with Gasteiger partial charge in [0.1, 0.15) is 11.5 Å². The molecule has 0 amide bonds. The Balaban J connectivity index is 2.82. The molecule has 2 N–H and O–H groups in total. The average Bonchev–Trinajstić information content (AvgIpc) is 2.26. The van der Waals surface area contributed by atoms with Crippen LogP contribution in [0.2, 0.25) is 0 Å². The number of methoxy groups -OCH3 is 2. The van der Waals surface area contributed by atoms with E-state index in [0.29, 0.717) is 6.54 Å². The molecule has 0 spiro atoms. The Morgan fingerprint density at radius 3 is 2.64 bits per heavy atom. The minimum absolute atomic E-state index is 0.222. The predicted molar refractivity (Wildman–Crippen MR) is 53.4 cm³/mol. The molecule has 0 aliphatic carbocycles. The summed E-state index contributed by atoms with van der Waals surface area (Å²) in [5.41, 5.74) is 6.47. The van der Waals surface area contributed by atoms with E-state index in [1.165, 1.54) is 0 Å². The van der Waals surface area contributed by atoms with E-state index < -0.39 is 0 Å². The molecule has 0 aromatic heterocycles. The van der Waals surface area contributed by atoms with Crippen molar-refractivity contribution in [2.24, 2.45) is 5.73 Å². The van der Waals surface area contributed by atoms with Gasteiger partial charge in [0, 0.05) is 19.2 Å². The molecule has 14 heavy (non-hydrogen) atoms. The first-order valence-electron chi connectivity index (χ1n) is 4.30. The van der Waals surface area contributed by atoms with Gasteiger partial charge in [-0.3, -0.25) is 0 Å². The van der Waals surface area contributed by atoms with Gasteiger partial charge in [-0.05, 0) is 18.2 Å². The van der Waals surface area contributed by atoms with Crippen LogP contribution in [0.4, 0.5) is 0 Å². The van der Waals surface area contributed by atoms with Gasteiger partial charge in [0.15, 0.2) is 6.79 Å². The summed E-state index contributed by atoms with van der Waals surface area (Å²) in [5, 5.41) is 0. The highest BCUT2D eigenvalue weighted by molar-refractivity contribution is 5.40. The molecule has 0 aliphatic heterocycles. The second kappa shape index (κ2) is 5.47. The molecule has 0 saturated heterocycles. The number of ether oxygens (including phenoxy) is 3. The van der Waals surface area contributed by atoms with Crippen LogP contribution in [0.3, 0.4) is 0 Å². The van der Waals surface area contributed by atoms with Crippen molar-refractivity contribution < 1.29 is 14.2 Å². The largest absolute Gasteiger partial charge is 0.497 e. The van der Waals surface area contributed by atoms with Crippen LogP contribution < -0.4 is 15.2 Å². The molecular weight excluding hydrogens is 182 g/mol. The van der Waals surface area contributed by atoms with Crippen LogP contribution in [0.15, 0.2) is 18.2 Å². The fourth-order valence-corrected chi connectivity index (χ4v) is 1.11. The van der Waals surface area contributed by atoms with Gasteiger partial charge < -0.3 is 19.9 Å². The van der Waals surface area contributed by atoms with Gasteiger partial charge in [-0.1, -0.05) is 0 Å². The smallest absolute Gasteiger partial charge is 0.188 e. The zero-order chi connectivity index (χ0) is 10.4. The molecule has 0 unspecified atom stereocenters. The number of benzene rings is 1. The Bertz CT molecular complexity index is 289. The zero-order valence-corrected chi connectivity index (χ0v) is 8.45. The summed E-state index contributed by atoms with van der Waals surface area (Å²) in [5.74, 6) is 1.50. The third-order valence-electron chi connectivity index (χ3n) is 1.82. The topological polar surface area (TPSA) is 53.7 Å². The summed E-state index contributed by atoms with van der Waals surface area (Å²) in [6, 6.07) is 5.50. The SMILES string of the molecule is COCOc1ccc(OC)cc1CN. The molecule has 1 rings (SSSR count). The monoisotopic (exact) mass is 197 g/mol. The maximum Gasteiger partial charge on any atom is 0.188 e. The maximum absolute atomic E-state index is 5.57. The lowest BCUT2D eigenvalue weighted by molar-refractivity contribution is 0.0504. The van der Waals surface area contributed by atoms with Crippen molar-refractivity contribution in [3.63, 3.8) is 0 Å². The average molecular weight is 197 g/mol. The van der Waals surface area contributed by atoms with E-state index in [1.54, 1.807) is 14.2 Å². The Morgan fingerprint density at radius 2 is 2.07 bits per heavy atom. The summed E-state index contributed by atoms with van der Waals surface area (Å²) in [7, 11) is 3.19. The predicted octanol–water partition coefficient (Wildman–Crippen LogP) is 1.14. The van der Waals surface area contributed by atoms with Crippen molar-refractivity contribution >= 4 is 0 Å². The Kier molecular flexibility index (Phi) is 4.22. The van der Waals surface area contributed by atoms with E-state index in [1.807, 2.05) is 18.2 Å². The number of nitrogens with two attached hydrogens (primary N) is 1. The lowest BCUT2D eigenvalue weighted by Crippen LogP contribution is -2.05. The van der Waals surface area contributed by atoms with Crippen LogP contribution in [0.25, 0.3) is 0 Å². The lowest BCUT2D eigenvalue weighted by Gasteiger charge is -2.10. The normalized spacial score (nSPS) is 9.93. The Labute approximate surface area is 83.6 Å². The van der Waals surface area contributed by atoms with E-state index >= 15 is 0 Å². The fraction of sp³-hybridized carbons (Fsp3) is 0.400. The molecule has 1 aromatic carbocycles. The summed E-state index contributed by atoms with van der Waals surface area (Å²) >= 11 is 0. The summed E-state index contributed by atoms with van der Waals surface area (Å²) < 4.78 is 15.2. The Morgan fingerprint density at radius 1 is 1.29 bits per heavy atom. The summed E-state index contributed by atoms with van der Waals surface area (Å²) in [6.07, 6.45) is 0. The van der Waals surface area contributed by atoms with Gasteiger partial charge in [0.25, 0.3) is 0 Å². The van der Waals surface area contributed by atoms with E-state index in [-0.39, 0.29) is 6.79 Å². The molecule has 0 radical (unpaired) electrons. The van der Waals surface area contributed by atoms with E-state index in [2.05, 4.69) is 0 Å². The number of rotatable bonds is 5. The second-order valence-corrected chi connectivity index (χ2v) is 2.73. The van der Waals surface area contributed by atoms with E-state index in [4.69, 9.17) is 19.9 Å². The summed E-state index contributed by atoms with van der Waals surface area (Å²) in [4.78, 5) is 0. The van der Waals surface area contributed by atoms with Crippen LogP contribution in [-0.4, -0.2) is 21.0 Å². The third kappa shape index (κ3) is 2.61. The molecular formula is C10H15NO3. The zero-order valence-electron chi connectivity index (χ0n) is 8.45. The molecule has 0 atom stereocenters. The van der Waals surface area contributed by atoms with E-state index in [9.17, 15) is 0 Å². The third-order valence-corrected chi connectivity index (χ3v) is 1.82. The molecule has 0 saturated carbocycles. The standard InChI is InChI=1S/C10H15NO3/c1-12-7-14-10-4-3-9(13-2)5-8(10)6-11/h3-5H,6-7,11H2,1-2H3. The first-order valence-corrected chi connectivity index (χ1v) is 4.30. The van der Waals surface area contributed by atoms with Crippen LogP contribution in [0.1, 0.15) is 5.56 Å². The van der Waals surface area contributed by atoms with Crippen LogP contribution in [0.5, 0.6) is 11.5 Å². The van der Waals surface area contributed by atoms with Crippen molar-refractivity contribution in [2.75, 3.05) is 21.0 Å². The van der Waals surface area contributed by atoms with Gasteiger partial charge >= 0.3 is 0 Å². The maximum atomic E-state index is 5.57. The van der Waals surface area contributed by atoms with Gasteiger partial charge in [0.05, 0.1) is 7.11 Å². The molecule has 1 aromatic rings. The molecule has 0 heterocycles. The molecule has 4 nitrogen and oxygen atoms in total. The van der Waals surface area contributed by atoms with Crippen LogP contribution in [-0.2, 0) is 11.3 Å². The van der Waals surface area contributed by atoms with Crippen LogP contribution >= 0.6 is 0 Å². The van der Waals surface area contributed by atoms with E-state index in [0.717, 1.165) is 17.1 Å². The quantitative estimate of drug-likeness (QED) is 0.719. The van der Waals surface area contributed by atoms with Crippen molar-refractivity contribution in [3.05, 3.63) is 23.8 Å². The molecule has 0 fully saturated rings.